The highest BCUT2D eigenvalue weighted by Gasteiger charge is 2.57. The number of esters is 1. The van der Waals surface area contributed by atoms with Crippen LogP contribution in [0.3, 0.4) is 0 Å². The van der Waals surface area contributed by atoms with E-state index in [0.717, 1.165) is 16.7 Å². The lowest BCUT2D eigenvalue weighted by molar-refractivity contribution is -0.167. The molecule has 1 heterocycles. The third-order valence-corrected chi connectivity index (χ3v) is 7.30. The SMILES string of the molecule is Cc1ccc(S(=O)(=O)N2C(=O)[C@@H](Cc3ccccc3)[C@H]2C(=O)OCc2ccccc2)cc1. The molecule has 1 amide bonds. The number of sulfonamides is 1. The van der Waals surface area contributed by atoms with Crippen LogP contribution < -0.4 is 0 Å². The van der Waals surface area contributed by atoms with Crippen LogP contribution in [0.5, 0.6) is 0 Å². The first-order chi connectivity index (χ1) is 15.4. The number of hydrogen-bond donors (Lipinski definition) is 0. The second-order valence-electron chi connectivity index (χ2n) is 7.79. The predicted molar refractivity (Wildman–Crippen MR) is 119 cm³/mol. The van der Waals surface area contributed by atoms with Crippen LogP contribution >= 0.6 is 0 Å². The highest BCUT2D eigenvalue weighted by Crippen LogP contribution is 2.36. The second-order valence-corrected chi connectivity index (χ2v) is 9.60. The van der Waals surface area contributed by atoms with Crippen molar-refractivity contribution in [2.24, 2.45) is 5.92 Å². The molecule has 0 spiro atoms. The van der Waals surface area contributed by atoms with Crippen LogP contribution in [0, 0.1) is 12.8 Å². The van der Waals surface area contributed by atoms with Crippen LogP contribution in [0.1, 0.15) is 16.7 Å². The van der Waals surface area contributed by atoms with Crippen molar-refractivity contribution >= 4 is 21.9 Å². The normalized spacial score (nSPS) is 18.2. The Hall–Kier alpha value is -3.45. The van der Waals surface area contributed by atoms with Gasteiger partial charge in [0.15, 0.2) is 6.04 Å². The molecule has 1 fully saturated rings. The molecule has 4 rings (SSSR count). The van der Waals surface area contributed by atoms with E-state index >= 15 is 0 Å². The fraction of sp³-hybridized carbons (Fsp3) is 0.200. The quantitative estimate of drug-likeness (QED) is 0.407. The zero-order valence-corrected chi connectivity index (χ0v) is 18.4. The molecule has 0 N–H and O–H groups in total. The minimum atomic E-state index is -4.19. The van der Waals surface area contributed by atoms with E-state index in [9.17, 15) is 18.0 Å². The highest BCUT2D eigenvalue weighted by atomic mass is 32.2. The summed E-state index contributed by atoms with van der Waals surface area (Å²) in [6.45, 7) is 1.84. The van der Waals surface area contributed by atoms with Gasteiger partial charge < -0.3 is 4.74 Å². The van der Waals surface area contributed by atoms with Crippen molar-refractivity contribution in [2.45, 2.75) is 30.9 Å². The maximum atomic E-state index is 13.2. The van der Waals surface area contributed by atoms with Crippen molar-refractivity contribution in [1.29, 1.82) is 0 Å². The zero-order valence-electron chi connectivity index (χ0n) is 17.5. The average molecular weight is 450 g/mol. The van der Waals surface area contributed by atoms with Gasteiger partial charge in [-0.25, -0.2) is 17.5 Å². The number of nitrogens with zero attached hydrogens (tertiary/aromatic N) is 1. The standard InChI is InChI=1S/C25H23NO5S/c1-18-12-14-21(15-13-18)32(29,30)26-23(25(28)31-17-20-10-6-3-7-11-20)22(24(26)27)16-19-8-4-2-5-9-19/h2-15,22-23H,16-17H2,1H3/t22-,23-/m0/s1. The number of amides is 1. The van der Waals surface area contributed by atoms with Gasteiger partial charge in [-0.2, -0.15) is 0 Å². The molecule has 0 bridgehead atoms. The van der Waals surface area contributed by atoms with Crippen molar-refractivity contribution in [2.75, 3.05) is 0 Å². The Labute approximate surface area is 187 Å². The summed E-state index contributed by atoms with van der Waals surface area (Å²) in [5, 5.41) is 0. The minimum absolute atomic E-state index is 0.000833. The van der Waals surface area contributed by atoms with Crippen molar-refractivity contribution < 1.29 is 22.7 Å². The van der Waals surface area contributed by atoms with E-state index < -0.39 is 33.9 Å². The van der Waals surface area contributed by atoms with Gasteiger partial charge in [-0.05, 0) is 36.6 Å². The van der Waals surface area contributed by atoms with E-state index in [1.54, 1.807) is 12.1 Å². The number of rotatable bonds is 7. The maximum absolute atomic E-state index is 13.2. The van der Waals surface area contributed by atoms with E-state index in [1.807, 2.05) is 67.6 Å². The molecular weight excluding hydrogens is 426 g/mol. The first-order valence-corrected chi connectivity index (χ1v) is 11.7. The largest absolute Gasteiger partial charge is 0.459 e. The first kappa shape index (κ1) is 21.8. The molecule has 6 nitrogen and oxygen atoms in total. The topological polar surface area (TPSA) is 80.8 Å². The summed E-state index contributed by atoms with van der Waals surface area (Å²) in [4.78, 5) is 26.0. The van der Waals surface area contributed by atoms with E-state index in [-0.39, 0.29) is 17.9 Å². The first-order valence-electron chi connectivity index (χ1n) is 10.3. The minimum Gasteiger partial charge on any atom is -0.459 e. The molecule has 7 heteroatoms. The van der Waals surface area contributed by atoms with Crippen molar-refractivity contribution in [3.05, 3.63) is 102 Å². The molecule has 3 aromatic carbocycles. The molecule has 3 aromatic rings. The molecule has 0 radical (unpaired) electrons. The molecule has 1 aliphatic heterocycles. The Balaban J connectivity index is 1.61. The number of carbonyl (C=O) groups is 2. The Morgan fingerprint density at radius 3 is 2.03 bits per heavy atom. The summed E-state index contributed by atoms with van der Waals surface area (Å²) in [7, 11) is -4.19. The fourth-order valence-electron chi connectivity index (χ4n) is 3.75. The van der Waals surface area contributed by atoms with Gasteiger partial charge in [0.2, 0.25) is 5.91 Å². The summed E-state index contributed by atoms with van der Waals surface area (Å²) in [5.74, 6) is -2.14. The van der Waals surface area contributed by atoms with Gasteiger partial charge in [0.05, 0.1) is 10.8 Å². The van der Waals surface area contributed by atoms with E-state index in [2.05, 4.69) is 0 Å². The van der Waals surface area contributed by atoms with Gasteiger partial charge in [0.1, 0.15) is 6.61 Å². The summed E-state index contributed by atoms with van der Waals surface area (Å²) in [6.07, 6.45) is 0.255. The summed E-state index contributed by atoms with van der Waals surface area (Å²) >= 11 is 0. The number of ether oxygens (including phenoxy) is 1. The van der Waals surface area contributed by atoms with Crippen LogP contribution in [0.15, 0.2) is 89.8 Å². The van der Waals surface area contributed by atoms with E-state index in [0.29, 0.717) is 4.31 Å². The average Bonchev–Trinajstić information content (AvgIpc) is 2.80. The molecule has 32 heavy (non-hydrogen) atoms. The number of benzene rings is 3. The number of aryl methyl sites for hydroxylation is 1. The highest BCUT2D eigenvalue weighted by molar-refractivity contribution is 7.89. The predicted octanol–water partition coefficient (Wildman–Crippen LogP) is 3.50. The maximum Gasteiger partial charge on any atom is 0.331 e. The Morgan fingerprint density at radius 1 is 0.875 bits per heavy atom. The molecule has 0 saturated carbocycles. The monoisotopic (exact) mass is 449 g/mol. The van der Waals surface area contributed by atoms with Crippen molar-refractivity contribution in [3.63, 3.8) is 0 Å². The van der Waals surface area contributed by atoms with Gasteiger partial charge in [0, 0.05) is 0 Å². The molecule has 1 aliphatic rings. The van der Waals surface area contributed by atoms with Crippen LogP contribution in [0.25, 0.3) is 0 Å². The number of β-lactam (4-membered cyclic amide) rings is 1. The van der Waals surface area contributed by atoms with Crippen LogP contribution in [-0.2, 0) is 37.4 Å². The van der Waals surface area contributed by atoms with Crippen molar-refractivity contribution in [3.8, 4) is 0 Å². The Kier molecular flexibility index (Phi) is 6.10. The summed E-state index contributed by atoms with van der Waals surface area (Å²) in [5.41, 5.74) is 2.51. The lowest BCUT2D eigenvalue weighted by atomic mass is 9.84. The van der Waals surface area contributed by atoms with Crippen LogP contribution in [-0.4, -0.2) is 30.6 Å². The number of carbonyl (C=O) groups excluding carboxylic acids is 2. The molecular formula is C25H23NO5S. The van der Waals surface area contributed by atoms with Gasteiger partial charge in [0.25, 0.3) is 10.0 Å². The van der Waals surface area contributed by atoms with Gasteiger partial charge in [-0.3, -0.25) is 4.79 Å². The van der Waals surface area contributed by atoms with Gasteiger partial charge in [-0.15, -0.1) is 0 Å². The lowest BCUT2D eigenvalue weighted by Gasteiger charge is -2.44. The number of hydrogen-bond acceptors (Lipinski definition) is 5. The lowest BCUT2D eigenvalue weighted by Crippen LogP contribution is -2.66. The molecule has 0 unspecified atom stereocenters. The zero-order chi connectivity index (χ0) is 22.7. The Bertz CT molecular complexity index is 1210. The smallest absolute Gasteiger partial charge is 0.331 e. The van der Waals surface area contributed by atoms with Gasteiger partial charge >= 0.3 is 5.97 Å². The second kappa shape index (κ2) is 8.96. The molecule has 1 saturated heterocycles. The van der Waals surface area contributed by atoms with Gasteiger partial charge in [-0.1, -0.05) is 78.4 Å². The molecule has 0 aromatic heterocycles. The molecule has 164 valence electrons. The van der Waals surface area contributed by atoms with E-state index in [4.69, 9.17) is 4.74 Å². The molecule has 0 aliphatic carbocycles. The third kappa shape index (κ3) is 4.29. The third-order valence-electron chi connectivity index (χ3n) is 5.51. The van der Waals surface area contributed by atoms with E-state index in [1.165, 1.54) is 12.1 Å². The Morgan fingerprint density at radius 2 is 1.44 bits per heavy atom. The van der Waals surface area contributed by atoms with Crippen molar-refractivity contribution in [1.82, 2.24) is 4.31 Å². The molecule has 2 atom stereocenters. The van der Waals surface area contributed by atoms with Crippen LogP contribution in [0.4, 0.5) is 0 Å². The summed E-state index contributed by atoms with van der Waals surface area (Å²) in [6, 6.07) is 23.3. The van der Waals surface area contributed by atoms with Crippen LogP contribution in [0.2, 0.25) is 0 Å². The fourth-order valence-corrected chi connectivity index (χ4v) is 5.36. The summed E-state index contributed by atoms with van der Waals surface area (Å²) < 4.78 is 32.6.